The van der Waals surface area contributed by atoms with Crippen LogP contribution in [-0.4, -0.2) is 28.5 Å². The van der Waals surface area contributed by atoms with Crippen molar-refractivity contribution in [3.05, 3.63) is 54.6 Å². The number of nitrogen functional groups attached to an aromatic ring is 1. The summed E-state index contributed by atoms with van der Waals surface area (Å²) >= 11 is 12.2. The Balaban J connectivity index is 2.31. The topological polar surface area (TPSA) is 113 Å². The monoisotopic (exact) mass is 483 g/mol. The first-order chi connectivity index (χ1) is 15.0. The predicted octanol–water partition coefficient (Wildman–Crippen LogP) is 3.57. The Kier molecular flexibility index (Phi) is 9.21. The van der Waals surface area contributed by atoms with Crippen LogP contribution in [0, 0.1) is 5.92 Å². The third-order valence-corrected chi connectivity index (χ3v) is 5.55. The van der Waals surface area contributed by atoms with E-state index in [9.17, 15) is 14.4 Å². The van der Waals surface area contributed by atoms with Crippen LogP contribution in [-0.2, 0) is 11.3 Å². The molecule has 0 bridgehead atoms. The van der Waals surface area contributed by atoms with Crippen molar-refractivity contribution in [1.82, 2.24) is 14.9 Å². The van der Waals surface area contributed by atoms with Crippen LogP contribution in [0.15, 0.2) is 27.8 Å². The lowest BCUT2D eigenvalue weighted by Gasteiger charge is -2.28. The second-order valence-corrected chi connectivity index (χ2v) is 9.07. The van der Waals surface area contributed by atoms with Gasteiger partial charge in [0.15, 0.2) is 0 Å². The van der Waals surface area contributed by atoms with Crippen molar-refractivity contribution in [2.24, 2.45) is 5.92 Å². The molecule has 0 spiro atoms. The van der Waals surface area contributed by atoms with E-state index in [2.05, 4.69) is 10.3 Å². The molecule has 0 aliphatic heterocycles. The number of nitrogens with two attached hydrogens (primary N) is 1. The molecule has 0 aliphatic carbocycles. The van der Waals surface area contributed by atoms with Crippen molar-refractivity contribution < 1.29 is 4.79 Å². The number of aromatic nitrogens is 2. The van der Waals surface area contributed by atoms with Gasteiger partial charge < -0.3 is 16.0 Å². The maximum atomic E-state index is 12.9. The smallest absolute Gasteiger partial charge is 0.330 e. The molecule has 2 aromatic rings. The Morgan fingerprint density at radius 1 is 1.25 bits per heavy atom. The van der Waals surface area contributed by atoms with E-state index in [-0.39, 0.29) is 35.9 Å². The summed E-state index contributed by atoms with van der Waals surface area (Å²) in [5.41, 5.74) is 5.94. The molecule has 8 nitrogen and oxygen atoms in total. The first-order valence-electron chi connectivity index (χ1n) is 10.7. The van der Waals surface area contributed by atoms with Gasteiger partial charge in [0.1, 0.15) is 11.5 Å². The molecule has 1 unspecified atom stereocenters. The fourth-order valence-corrected chi connectivity index (χ4v) is 4.06. The van der Waals surface area contributed by atoms with Crippen molar-refractivity contribution >= 4 is 40.6 Å². The van der Waals surface area contributed by atoms with E-state index in [0.717, 1.165) is 18.4 Å². The third-order valence-electron chi connectivity index (χ3n) is 4.99. The molecule has 1 aromatic heterocycles. The number of benzene rings is 1. The molecule has 0 aliphatic rings. The molecule has 10 heteroatoms. The highest BCUT2D eigenvalue weighted by Crippen LogP contribution is 2.26. The lowest BCUT2D eigenvalue weighted by atomic mass is 10.1. The van der Waals surface area contributed by atoms with Gasteiger partial charge in [0, 0.05) is 23.1 Å². The van der Waals surface area contributed by atoms with Crippen molar-refractivity contribution in [3.63, 3.8) is 0 Å². The zero-order chi connectivity index (χ0) is 24.0. The molecule has 0 radical (unpaired) electrons. The van der Waals surface area contributed by atoms with Crippen LogP contribution >= 0.6 is 23.2 Å². The summed E-state index contributed by atoms with van der Waals surface area (Å²) in [6.07, 6.45) is 1.60. The molecule has 4 N–H and O–H groups in total. The van der Waals surface area contributed by atoms with E-state index in [1.54, 1.807) is 23.1 Å². The van der Waals surface area contributed by atoms with E-state index in [1.807, 2.05) is 27.7 Å². The number of anilines is 2. The molecule has 1 heterocycles. The highest BCUT2D eigenvalue weighted by molar-refractivity contribution is 6.35. The van der Waals surface area contributed by atoms with Gasteiger partial charge in [0.2, 0.25) is 5.91 Å². The van der Waals surface area contributed by atoms with Crippen molar-refractivity contribution in [2.45, 2.75) is 53.1 Å². The number of aromatic amines is 1. The van der Waals surface area contributed by atoms with Gasteiger partial charge in [-0.15, -0.1) is 0 Å². The minimum Gasteiger partial charge on any atom is -0.383 e. The Morgan fingerprint density at radius 2 is 1.94 bits per heavy atom. The van der Waals surface area contributed by atoms with Gasteiger partial charge in [-0.2, -0.15) is 0 Å². The zero-order valence-corrected chi connectivity index (χ0v) is 20.4. The summed E-state index contributed by atoms with van der Waals surface area (Å²) in [5, 5.41) is 3.86. The largest absolute Gasteiger partial charge is 0.383 e. The number of nitrogens with zero attached hydrogens (tertiary/aromatic N) is 2. The number of hydrogen-bond donors (Lipinski definition) is 3. The number of nitrogens with one attached hydrogen (secondary N) is 2. The molecular formula is C22H31Cl2N5O3. The Labute approximate surface area is 197 Å². The number of carbonyl (C=O) groups excluding carboxylic acids is 1. The third kappa shape index (κ3) is 6.53. The van der Waals surface area contributed by atoms with Crippen LogP contribution in [0.3, 0.4) is 0 Å². The molecule has 1 aromatic carbocycles. The number of unbranched alkanes of at least 4 members (excludes halogenated alkanes) is 1. The summed E-state index contributed by atoms with van der Waals surface area (Å²) < 4.78 is 1.35. The first kappa shape index (κ1) is 25.8. The van der Waals surface area contributed by atoms with Gasteiger partial charge in [-0.25, -0.2) is 4.79 Å². The average molecular weight is 484 g/mol. The van der Waals surface area contributed by atoms with Crippen LogP contribution in [0.4, 0.5) is 11.5 Å². The van der Waals surface area contributed by atoms with Crippen LogP contribution in [0.2, 0.25) is 10.0 Å². The number of halogens is 2. The van der Waals surface area contributed by atoms with E-state index in [0.29, 0.717) is 23.1 Å². The summed E-state index contributed by atoms with van der Waals surface area (Å²) in [7, 11) is 0. The minimum absolute atomic E-state index is 0.0643. The molecule has 0 saturated carbocycles. The number of rotatable bonds is 10. The van der Waals surface area contributed by atoms with E-state index in [4.69, 9.17) is 28.9 Å². The normalized spacial score (nSPS) is 12.1. The first-order valence-corrected chi connectivity index (χ1v) is 11.4. The molecule has 0 saturated heterocycles. The summed E-state index contributed by atoms with van der Waals surface area (Å²) in [5.74, 6) is -0.107. The molecule has 2 rings (SSSR count). The maximum absolute atomic E-state index is 12.9. The number of amides is 1. The standard InChI is InChI=1S/C22H31Cl2N5O3/c1-5-6-9-29-20(25)19(21(31)27-22(29)32)28(11-13(2)3)12-18(30)26-14(4)16-8-7-15(23)10-17(16)24/h7-8,10,13-14H,5-6,9,11-12,25H2,1-4H3,(H,26,30)(H,27,31,32). The van der Waals surface area contributed by atoms with Crippen molar-refractivity contribution in [3.8, 4) is 0 Å². The molecule has 1 amide bonds. The number of hydrogen-bond acceptors (Lipinski definition) is 5. The van der Waals surface area contributed by atoms with Gasteiger partial charge in [0.25, 0.3) is 5.56 Å². The molecule has 1 atom stereocenters. The predicted molar refractivity (Wildman–Crippen MR) is 131 cm³/mol. The van der Waals surface area contributed by atoms with Crippen molar-refractivity contribution in [1.29, 1.82) is 0 Å². The van der Waals surface area contributed by atoms with E-state index >= 15 is 0 Å². The fourth-order valence-electron chi connectivity index (χ4n) is 3.49. The van der Waals surface area contributed by atoms with Crippen LogP contribution in [0.25, 0.3) is 0 Å². The molecule has 32 heavy (non-hydrogen) atoms. The second-order valence-electron chi connectivity index (χ2n) is 8.23. The highest BCUT2D eigenvalue weighted by atomic mass is 35.5. The summed E-state index contributed by atoms with van der Waals surface area (Å²) in [6, 6.07) is 4.71. The molecular weight excluding hydrogens is 453 g/mol. The summed E-state index contributed by atoms with van der Waals surface area (Å²) in [4.78, 5) is 41.7. The highest BCUT2D eigenvalue weighted by Gasteiger charge is 2.23. The van der Waals surface area contributed by atoms with Gasteiger partial charge in [-0.05, 0) is 37.0 Å². The molecule has 0 fully saturated rings. The van der Waals surface area contributed by atoms with Gasteiger partial charge in [-0.1, -0.05) is 56.5 Å². The Hall–Kier alpha value is -2.45. The maximum Gasteiger partial charge on any atom is 0.330 e. The van der Waals surface area contributed by atoms with Crippen molar-refractivity contribution in [2.75, 3.05) is 23.7 Å². The average Bonchev–Trinajstić information content (AvgIpc) is 2.66. The fraction of sp³-hybridized carbons (Fsp3) is 0.500. The minimum atomic E-state index is -0.609. The van der Waals surface area contributed by atoms with E-state index in [1.165, 1.54) is 4.57 Å². The SMILES string of the molecule is CCCCn1c(N)c(N(CC(=O)NC(C)c2ccc(Cl)cc2Cl)CC(C)C)c(=O)[nH]c1=O. The van der Waals surface area contributed by atoms with E-state index < -0.39 is 11.2 Å². The second kappa shape index (κ2) is 11.4. The van der Waals surface area contributed by atoms with Crippen LogP contribution < -0.4 is 27.2 Å². The molecule has 176 valence electrons. The van der Waals surface area contributed by atoms with Gasteiger partial charge >= 0.3 is 5.69 Å². The lowest BCUT2D eigenvalue weighted by Crippen LogP contribution is -2.44. The summed E-state index contributed by atoms with van der Waals surface area (Å²) in [6.45, 7) is 8.44. The van der Waals surface area contributed by atoms with Crippen LogP contribution in [0.1, 0.15) is 52.1 Å². The van der Waals surface area contributed by atoms with Gasteiger partial charge in [0.05, 0.1) is 12.6 Å². The zero-order valence-electron chi connectivity index (χ0n) is 18.9. The Morgan fingerprint density at radius 3 is 2.53 bits per heavy atom. The lowest BCUT2D eigenvalue weighted by molar-refractivity contribution is -0.120. The number of carbonyl (C=O) groups is 1. The number of H-pyrrole nitrogens is 1. The quantitative estimate of drug-likeness (QED) is 0.477. The van der Waals surface area contributed by atoms with Gasteiger partial charge in [-0.3, -0.25) is 19.1 Å². The Bertz CT molecular complexity index is 1060. The van der Waals surface area contributed by atoms with Crippen LogP contribution in [0.5, 0.6) is 0 Å².